The highest BCUT2D eigenvalue weighted by Crippen LogP contribution is 2.28. The smallest absolute Gasteiger partial charge is 0.270 e. The van der Waals surface area contributed by atoms with Crippen LogP contribution in [0.1, 0.15) is 38.2 Å². The van der Waals surface area contributed by atoms with Gasteiger partial charge in [0.25, 0.3) is 5.69 Å². The average Bonchev–Trinajstić information content (AvgIpc) is 2.98. The third kappa shape index (κ3) is 3.48. The van der Waals surface area contributed by atoms with Crippen LogP contribution >= 0.6 is 0 Å². The third-order valence-electron chi connectivity index (χ3n) is 4.20. The van der Waals surface area contributed by atoms with Gasteiger partial charge in [0, 0.05) is 30.3 Å². The summed E-state index contributed by atoms with van der Waals surface area (Å²) in [5.41, 5.74) is 0.947. The van der Waals surface area contributed by atoms with Crippen molar-refractivity contribution in [1.29, 1.82) is 0 Å². The number of rotatable bonds is 6. The maximum absolute atomic E-state index is 10.8. The van der Waals surface area contributed by atoms with E-state index in [0.29, 0.717) is 18.3 Å². The zero-order valence-corrected chi connectivity index (χ0v) is 12.1. The minimum atomic E-state index is -0.372. The number of hydrogen-bond donors (Lipinski definition) is 1. The van der Waals surface area contributed by atoms with Gasteiger partial charge in [-0.1, -0.05) is 12.8 Å². The Labute approximate surface area is 119 Å². The fourth-order valence-electron chi connectivity index (χ4n) is 2.91. The molecule has 2 rings (SSSR count). The van der Waals surface area contributed by atoms with Crippen molar-refractivity contribution in [1.82, 2.24) is 5.32 Å². The van der Waals surface area contributed by atoms with Gasteiger partial charge in [-0.25, -0.2) is 0 Å². The Hall–Kier alpha value is -1.62. The van der Waals surface area contributed by atoms with Gasteiger partial charge >= 0.3 is 0 Å². The van der Waals surface area contributed by atoms with Crippen molar-refractivity contribution in [3.8, 4) is 5.75 Å². The fourth-order valence-corrected chi connectivity index (χ4v) is 2.91. The zero-order chi connectivity index (χ0) is 14.5. The summed E-state index contributed by atoms with van der Waals surface area (Å²) >= 11 is 0. The standard InChI is InChI=1S/C15H22N2O3/c1-11(12-5-3-4-6-12)16-10-13-9-14(17(18)19)7-8-15(13)20-2/h7-9,11-12,16H,3-6,10H2,1-2H3. The minimum Gasteiger partial charge on any atom is -0.496 e. The van der Waals surface area contributed by atoms with E-state index in [1.807, 2.05) is 0 Å². The van der Waals surface area contributed by atoms with Crippen molar-refractivity contribution in [2.75, 3.05) is 7.11 Å². The number of nitro groups is 1. The van der Waals surface area contributed by atoms with Gasteiger partial charge in [0.2, 0.25) is 0 Å². The van der Waals surface area contributed by atoms with E-state index in [0.717, 1.165) is 11.5 Å². The van der Waals surface area contributed by atoms with E-state index in [1.165, 1.54) is 31.7 Å². The highest BCUT2D eigenvalue weighted by molar-refractivity contribution is 5.43. The predicted molar refractivity (Wildman–Crippen MR) is 77.9 cm³/mol. The lowest BCUT2D eigenvalue weighted by molar-refractivity contribution is -0.384. The number of methoxy groups -OCH3 is 1. The van der Waals surface area contributed by atoms with Crippen LogP contribution in [-0.2, 0) is 6.54 Å². The lowest BCUT2D eigenvalue weighted by Crippen LogP contribution is -2.31. The van der Waals surface area contributed by atoms with Gasteiger partial charge in [-0.3, -0.25) is 10.1 Å². The Morgan fingerprint density at radius 1 is 1.45 bits per heavy atom. The van der Waals surface area contributed by atoms with Crippen molar-refractivity contribution in [2.45, 2.75) is 45.2 Å². The van der Waals surface area contributed by atoms with E-state index in [1.54, 1.807) is 19.2 Å². The number of nitrogens with zero attached hydrogens (tertiary/aromatic N) is 1. The monoisotopic (exact) mass is 278 g/mol. The first-order valence-corrected chi connectivity index (χ1v) is 7.16. The number of nitro benzene ring substituents is 1. The average molecular weight is 278 g/mol. The molecule has 5 heteroatoms. The van der Waals surface area contributed by atoms with E-state index >= 15 is 0 Å². The molecule has 0 amide bonds. The first kappa shape index (κ1) is 14.8. The molecule has 5 nitrogen and oxygen atoms in total. The number of nitrogens with one attached hydrogen (secondary N) is 1. The Morgan fingerprint density at radius 2 is 2.15 bits per heavy atom. The normalized spacial score (nSPS) is 17.1. The Bertz CT molecular complexity index is 470. The van der Waals surface area contributed by atoms with E-state index in [2.05, 4.69) is 12.2 Å². The highest BCUT2D eigenvalue weighted by Gasteiger charge is 2.21. The van der Waals surface area contributed by atoms with Crippen LogP contribution in [0.15, 0.2) is 18.2 Å². The topological polar surface area (TPSA) is 64.4 Å². The molecule has 0 aromatic heterocycles. The number of hydrogen-bond acceptors (Lipinski definition) is 4. The summed E-state index contributed by atoms with van der Waals surface area (Å²) in [6.07, 6.45) is 5.19. The summed E-state index contributed by atoms with van der Waals surface area (Å²) in [4.78, 5) is 10.5. The summed E-state index contributed by atoms with van der Waals surface area (Å²) in [6, 6.07) is 5.16. The fraction of sp³-hybridized carbons (Fsp3) is 0.600. The van der Waals surface area contributed by atoms with Crippen molar-refractivity contribution >= 4 is 5.69 Å². The second kappa shape index (κ2) is 6.70. The molecule has 1 unspecified atom stereocenters. The second-order valence-electron chi connectivity index (χ2n) is 5.47. The molecule has 0 aliphatic heterocycles. The van der Waals surface area contributed by atoms with Gasteiger partial charge in [0.1, 0.15) is 5.75 Å². The molecule has 1 saturated carbocycles. The first-order chi connectivity index (χ1) is 9.61. The van der Waals surface area contributed by atoms with Crippen LogP contribution in [-0.4, -0.2) is 18.1 Å². The van der Waals surface area contributed by atoms with Gasteiger partial charge in [0.05, 0.1) is 12.0 Å². The molecule has 1 N–H and O–H groups in total. The molecule has 0 radical (unpaired) electrons. The van der Waals surface area contributed by atoms with Crippen molar-refractivity contribution < 1.29 is 9.66 Å². The van der Waals surface area contributed by atoms with E-state index in [4.69, 9.17) is 4.74 Å². The van der Waals surface area contributed by atoms with Crippen LogP contribution in [0.5, 0.6) is 5.75 Å². The second-order valence-corrected chi connectivity index (χ2v) is 5.47. The summed E-state index contributed by atoms with van der Waals surface area (Å²) in [6.45, 7) is 2.79. The van der Waals surface area contributed by atoms with E-state index in [9.17, 15) is 10.1 Å². The summed E-state index contributed by atoms with van der Waals surface area (Å²) < 4.78 is 5.28. The van der Waals surface area contributed by atoms with Crippen molar-refractivity contribution in [3.05, 3.63) is 33.9 Å². The van der Waals surface area contributed by atoms with Gasteiger partial charge in [-0.15, -0.1) is 0 Å². The van der Waals surface area contributed by atoms with Crippen molar-refractivity contribution in [3.63, 3.8) is 0 Å². The molecule has 1 atom stereocenters. The van der Waals surface area contributed by atoms with Crippen LogP contribution in [0.2, 0.25) is 0 Å². The Balaban J connectivity index is 2.03. The molecule has 1 fully saturated rings. The van der Waals surface area contributed by atoms with Crippen LogP contribution in [0.4, 0.5) is 5.69 Å². The SMILES string of the molecule is COc1ccc([N+](=O)[O-])cc1CNC(C)C1CCCC1. The van der Waals surface area contributed by atoms with Crippen LogP contribution in [0.3, 0.4) is 0 Å². The Kier molecular flexibility index (Phi) is 4.95. The number of non-ortho nitro benzene ring substituents is 1. The summed E-state index contributed by atoms with van der Waals surface area (Å²) in [5, 5.41) is 14.3. The molecule has 1 aliphatic carbocycles. The van der Waals surface area contributed by atoms with E-state index < -0.39 is 0 Å². The molecule has 110 valence electrons. The number of benzene rings is 1. The van der Waals surface area contributed by atoms with Crippen molar-refractivity contribution in [2.24, 2.45) is 5.92 Å². The maximum atomic E-state index is 10.8. The molecule has 0 saturated heterocycles. The van der Waals surface area contributed by atoms with Crippen LogP contribution < -0.4 is 10.1 Å². The van der Waals surface area contributed by atoms with Gasteiger partial charge in [0.15, 0.2) is 0 Å². The third-order valence-corrected chi connectivity index (χ3v) is 4.20. The quantitative estimate of drug-likeness (QED) is 0.640. The summed E-state index contributed by atoms with van der Waals surface area (Å²) in [5.74, 6) is 1.42. The largest absolute Gasteiger partial charge is 0.496 e. The lowest BCUT2D eigenvalue weighted by Gasteiger charge is -2.21. The molecule has 0 bridgehead atoms. The molecule has 0 heterocycles. The molecule has 0 spiro atoms. The molecule has 1 aliphatic rings. The van der Waals surface area contributed by atoms with Gasteiger partial charge in [-0.05, 0) is 31.7 Å². The molecule has 1 aromatic carbocycles. The lowest BCUT2D eigenvalue weighted by atomic mass is 9.99. The summed E-state index contributed by atoms with van der Waals surface area (Å²) in [7, 11) is 1.59. The Morgan fingerprint density at radius 3 is 2.75 bits per heavy atom. The molecular formula is C15H22N2O3. The van der Waals surface area contributed by atoms with Gasteiger partial charge in [-0.2, -0.15) is 0 Å². The molecule has 1 aromatic rings. The molecular weight excluding hydrogens is 256 g/mol. The van der Waals surface area contributed by atoms with Gasteiger partial charge < -0.3 is 10.1 Å². The maximum Gasteiger partial charge on any atom is 0.270 e. The number of ether oxygens (including phenoxy) is 1. The predicted octanol–water partition coefficient (Wildman–Crippen LogP) is 3.27. The minimum absolute atomic E-state index is 0.108. The van der Waals surface area contributed by atoms with Crippen LogP contribution in [0, 0.1) is 16.0 Å². The first-order valence-electron chi connectivity index (χ1n) is 7.16. The van der Waals surface area contributed by atoms with Crippen LogP contribution in [0.25, 0.3) is 0 Å². The molecule has 20 heavy (non-hydrogen) atoms. The highest BCUT2D eigenvalue weighted by atomic mass is 16.6. The van der Waals surface area contributed by atoms with E-state index in [-0.39, 0.29) is 10.6 Å². The zero-order valence-electron chi connectivity index (χ0n) is 12.1.